The lowest BCUT2D eigenvalue weighted by Gasteiger charge is -2.34. The van der Waals surface area contributed by atoms with Crippen molar-refractivity contribution in [3.05, 3.63) is 36.3 Å². The third-order valence-electron chi connectivity index (χ3n) is 5.67. The van der Waals surface area contributed by atoms with E-state index in [1.807, 2.05) is 24.3 Å². The van der Waals surface area contributed by atoms with Crippen molar-refractivity contribution in [2.45, 2.75) is 38.6 Å². The SMILES string of the molecule is Cl.Cl.NCC1(C(=O)Nc2ccc(-c3cn4c(n3)CCCC4)cc2)CCOCC1. The Morgan fingerprint density at radius 1 is 1.18 bits per heavy atom. The number of benzene rings is 1. The zero-order chi connectivity index (χ0) is 18.0. The fourth-order valence-electron chi connectivity index (χ4n) is 3.83. The van der Waals surface area contributed by atoms with Crippen LogP contribution >= 0.6 is 24.8 Å². The van der Waals surface area contributed by atoms with Gasteiger partial charge in [0.1, 0.15) is 5.82 Å². The molecule has 0 atom stereocenters. The van der Waals surface area contributed by atoms with Gasteiger partial charge in [-0.3, -0.25) is 4.79 Å². The van der Waals surface area contributed by atoms with Gasteiger partial charge < -0.3 is 20.4 Å². The van der Waals surface area contributed by atoms with Crippen LogP contribution in [-0.2, 0) is 22.5 Å². The zero-order valence-electron chi connectivity index (χ0n) is 15.9. The Balaban J connectivity index is 0.00000140. The molecule has 0 unspecified atom stereocenters. The van der Waals surface area contributed by atoms with E-state index in [9.17, 15) is 4.79 Å². The fourth-order valence-corrected chi connectivity index (χ4v) is 3.83. The van der Waals surface area contributed by atoms with E-state index in [0.29, 0.717) is 32.6 Å². The smallest absolute Gasteiger partial charge is 0.232 e. The summed E-state index contributed by atoms with van der Waals surface area (Å²) in [6.45, 7) is 2.59. The molecule has 0 saturated carbocycles. The van der Waals surface area contributed by atoms with Crippen molar-refractivity contribution in [3.8, 4) is 11.3 Å². The molecule has 2 aliphatic rings. The number of nitrogens with one attached hydrogen (secondary N) is 1. The summed E-state index contributed by atoms with van der Waals surface area (Å²) in [4.78, 5) is 17.5. The highest BCUT2D eigenvalue weighted by Crippen LogP contribution is 2.31. The van der Waals surface area contributed by atoms with Gasteiger partial charge in [0.05, 0.1) is 11.1 Å². The largest absolute Gasteiger partial charge is 0.381 e. The van der Waals surface area contributed by atoms with Crippen LogP contribution in [0.2, 0.25) is 0 Å². The Bertz CT molecular complexity index is 763. The summed E-state index contributed by atoms with van der Waals surface area (Å²) in [6, 6.07) is 7.91. The molecule has 1 saturated heterocycles. The number of fused-ring (bicyclic) bond motifs is 1. The summed E-state index contributed by atoms with van der Waals surface area (Å²) in [5, 5.41) is 3.03. The number of nitrogens with zero attached hydrogens (tertiary/aromatic N) is 2. The minimum Gasteiger partial charge on any atom is -0.381 e. The third kappa shape index (κ3) is 4.51. The van der Waals surface area contributed by atoms with E-state index in [1.165, 1.54) is 18.7 Å². The molecule has 0 radical (unpaired) electrons. The Labute approximate surface area is 178 Å². The van der Waals surface area contributed by atoms with Crippen LogP contribution in [0.15, 0.2) is 30.5 Å². The van der Waals surface area contributed by atoms with E-state index >= 15 is 0 Å². The minimum atomic E-state index is -0.514. The quantitative estimate of drug-likeness (QED) is 0.784. The molecule has 4 rings (SSSR count). The van der Waals surface area contributed by atoms with Crippen LogP contribution in [0.5, 0.6) is 0 Å². The predicted octanol–water partition coefficient (Wildman–Crippen LogP) is 3.42. The normalized spacial score (nSPS) is 17.6. The molecule has 0 bridgehead atoms. The van der Waals surface area contributed by atoms with Crippen LogP contribution in [0.3, 0.4) is 0 Å². The van der Waals surface area contributed by atoms with Gasteiger partial charge in [0, 0.05) is 50.2 Å². The molecule has 2 aliphatic heterocycles. The Morgan fingerprint density at radius 3 is 2.54 bits per heavy atom. The number of ether oxygens (including phenoxy) is 1. The Kier molecular flexibility index (Phi) is 7.89. The standard InChI is InChI=1S/C20H26N4O2.2ClH/c21-14-20(8-11-26-12-9-20)19(25)22-16-6-4-15(5-7-16)17-13-24-10-2-1-3-18(24)23-17;;/h4-7,13H,1-3,8-12,14,21H2,(H,22,25);2*1H. The molecular weight excluding hydrogens is 399 g/mol. The molecule has 154 valence electrons. The zero-order valence-corrected chi connectivity index (χ0v) is 17.5. The highest BCUT2D eigenvalue weighted by Gasteiger charge is 2.38. The van der Waals surface area contributed by atoms with E-state index in [4.69, 9.17) is 15.5 Å². The van der Waals surface area contributed by atoms with Crippen LogP contribution in [-0.4, -0.2) is 35.2 Å². The van der Waals surface area contributed by atoms with Crippen molar-refractivity contribution in [2.75, 3.05) is 25.1 Å². The lowest BCUT2D eigenvalue weighted by molar-refractivity contribution is -0.130. The minimum absolute atomic E-state index is 0. The first-order chi connectivity index (χ1) is 12.7. The maximum absolute atomic E-state index is 12.7. The van der Waals surface area contributed by atoms with Crippen molar-refractivity contribution < 1.29 is 9.53 Å². The number of hydrogen-bond donors (Lipinski definition) is 2. The first kappa shape index (κ1) is 22.7. The monoisotopic (exact) mass is 426 g/mol. The maximum atomic E-state index is 12.7. The van der Waals surface area contributed by atoms with Gasteiger partial charge in [-0.1, -0.05) is 12.1 Å². The van der Waals surface area contributed by atoms with E-state index in [1.54, 1.807) is 0 Å². The number of halogens is 2. The van der Waals surface area contributed by atoms with Crippen LogP contribution in [0.4, 0.5) is 5.69 Å². The number of carbonyl (C=O) groups excluding carboxylic acids is 1. The number of aromatic nitrogens is 2. The number of amides is 1. The molecule has 1 amide bonds. The fraction of sp³-hybridized carbons (Fsp3) is 0.500. The summed E-state index contributed by atoms with van der Waals surface area (Å²) in [7, 11) is 0. The highest BCUT2D eigenvalue weighted by atomic mass is 35.5. The number of carbonyl (C=O) groups is 1. The number of rotatable bonds is 4. The van der Waals surface area contributed by atoms with Crippen LogP contribution < -0.4 is 11.1 Å². The molecule has 1 fully saturated rings. The molecule has 2 aromatic rings. The van der Waals surface area contributed by atoms with Crippen LogP contribution in [0, 0.1) is 5.41 Å². The van der Waals surface area contributed by atoms with Gasteiger partial charge in [-0.2, -0.15) is 0 Å². The van der Waals surface area contributed by atoms with Gasteiger partial charge in [-0.05, 0) is 37.8 Å². The molecule has 0 aliphatic carbocycles. The van der Waals surface area contributed by atoms with E-state index in [0.717, 1.165) is 29.9 Å². The first-order valence-electron chi connectivity index (χ1n) is 9.46. The van der Waals surface area contributed by atoms with Gasteiger partial charge in [0.2, 0.25) is 5.91 Å². The molecule has 3 heterocycles. The number of hydrogen-bond acceptors (Lipinski definition) is 4. The van der Waals surface area contributed by atoms with Crippen molar-refractivity contribution in [3.63, 3.8) is 0 Å². The number of anilines is 1. The Morgan fingerprint density at radius 2 is 1.89 bits per heavy atom. The van der Waals surface area contributed by atoms with Crippen molar-refractivity contribution in [1.82, 2.24) is 9.55 Å². The predicted molar refractivity (Wildman–Crippen MR) is 115 cm³/mol. The van der Waals surface area contributed by atoms with Gasteiger partial charge >= 0.3 is 0 Å². The molecule has 8 heteroatoms. The van der Waals surface area contributed by atoms with Gasteiger partial charge in [-0.25, -0.2) is 4.98 Å². The van der Waals surface area contributed by atoms with Gasteiger partial charge in [0.15, 0.2) is 0 Å². The first-order valence-corrected chi connectivity index (χ1v) is 9.46. The average molecular weight is 427 g/mol. The van der Waals surface area contributed by atoms with Gasteiger partial charge in [0.25, 0.3) is 0 Å². The van der Waals surface area contributed by atoms with Crippen molar-refractivity contribution in [1.29, 1.82) is 0 Å². The number of imidazole rings is 1. The summed E-state index contributed by atoms with van der Waals surface area (Å²) in [5.74, 6) is 1.17. The van der Waals surface area contributed by atoms with E-state index < -0.39 is 5.41 Å². The molecule has 28 heavy (non-hydrogen) atoms. The average Bonchev–Trinajstić information content (AvgIpc) is 3.13. The second-order valence-corrected chi connectivity index (χ2v) is 7.32. The maximum Gasteiger partial charge on any atom is 0.232 e. The third-order valence-corrected chi connectivity index (χ3v) is 5.67. The molecule has 0 spiro atoms. The number of aryl methyl sites for hydroxylation is 2. The highest BCUT2D eigenvalue weighted by molar-refractivity contribution is 5.95. The van der Waals surface area contributed by atoms with Gasteiger partial charge in [-0.15, -0.1) is 24.8 Å². The van der Waals surface area contributed by atoms with E-state index in [2.05, 4.69) is 16.1 Å². The summed E-state index contributed by atoms with van der Waals surface area (Å²) in [6.07, 6.45) is 6.98. The second kappa shape index (κ2) is 9.74. The molecule has 6 nitrogen and oxygen atoms in total. The second-order valence-electron chi connectivity index (χ2n) is 7.32. The lowest BCUT2D eigenvalue weighted by Crippen LogP contribution is -2.46. The van der Waals surface area contributed by atoms with Crippen LogP contribution in [0.1, 0.15) is 31.5 Å². The molecular formula is C20H28Cl2N4O2. The van der Waals surface area contributed by atoms with Crippen molar-refractivity contribution >= 4 is 36.4 Å². The van der Waals surface area contributed by atoms with Crippen LogP contribution in [0.25, 0.3) is 11.3 Å². The lowest BCUT2D eigenvalue weighted by atomic mass is 9.79. The molecule has 1 aromatic heterocycles. The summed E-state index contributed by atoms with van der Waals surface area (Å²) < 4.78 is 7.64. The van der Waals surface area contributed by atoms with Crippen molar-refractivity contribution in [2.24, 2.45) is 11.1 Å². The molecule has 3 N–H and O–H groups in total. The van der Waals surface area contributed by atoms with E-state index in [-0.39, 0.29) is 30.7 Å². The Hall–Kier alpha value is -1.60. The summed E-state index contributed by atoms with van der Waals surface area (Å²) >= 11 is 0. The topological polar surface area (TPSA) is 82.2 Å². The summed E-state index contributed by atoms with van der Waals surface area (Å²) in [5.41, 5.74) is 8.27. The number of nitrogens with two attached hydrogens (primary N) is 1. The molecule has 1 aromatic carbocycles.